The van der Waals surface area contributed by atoms with Crippen molar-refractivity contribution in [1.29, 1.82) is 0 Å². The molecule has 0 bridgehead atoms. The summed E-state index contributed by atoms with van der Waals surface area (Å²) >= 11 is 0. The highest BCUT2D eigenvalue weighted by atomic mass is 19.4. The number of aliphatic hydroxyl groups excluding tert-OH is 1. The Hall–Kier alpha value is -4.47. The SMILES string of the molecule is COc1ccc(C2/C(=C(\O)c3cc(C)cc(C)c3OC)C(=O)C(=O)N2c2ccc(OC(F)(F)F)cc2)cc1. The number of Topliss-reactive ketones (excluding diaryl/α,β-unsaturated/α-hetero) is 1. The van der Waals surface area contributed by atoms with E-state index in [4.69, 9.17) is 9.47 Å². The van der Waals surface area contributed by atoms with Crippen LogP contribution in [0.1, 0.15) is 28.3 Å². The lowest BCUT2D eigenvalue weighted by atomic mass is 9.93. The summed E-state index contributed by atoms with van der Waals surface area (Å²) in [6.07, 6.45) is -4.89. The standard InChI is InChI=1S/C28H24F3NO6/c1-15-13-16(2)26(37-4)21(14-15)24(33)22-23(17-5-9-19(36-3)10-6-17)32(27(35)25(22)34)18-7-11-20(12-8-18)38-28(29,30)31/h5-14,23,33H,1-4H3/b24-22+. The maximum atomic E-state index is 13.4. The zero-order valence-corrected chi connectivity index (χ0v) is 20.9. The van der Waals surface area contributed by atoms with E-state index in [1.807, 2.05) is 13.0 Å². The Labute approximate surface area is 216 Å². The first-order chi connectivity index (χ1) is 17.9. The first kappa shape index (κ1) is 26.6. The van der Waals surface area contributed by atoms with Crippen LogP contribution in [0, 0.1) is 13.8 Å². The van der Waals surface area contributed by atoms with E-state index in [0.717, 1.165) is 22.6 Å². The van der Waals surface area contributed by atoms with Gasteiger partial charge in [0.05, 0.1) is 31.4 Å². The second-order valence-corrected chi connectivity index (χ2v) is 8.65. The van der Waals surface area contributed by atoms with E-state index >= 15 is 0 Å². The highest BCUT2D eigenvalue weighted by molar-refractivity contribution is 6.51. The molecule has 198 valence electrons. The fourth-order valence-corrected chi connectivity index (χ4v) is 4.56. The molecule has 7 nitrogen and oxygen atoms in total. The predicted molar refractivity (Wildman–Crippen MR) is 133 cm³/mol. The summed E-state index contributed by atoms with van der Waals surface area (Å²) in [5, 5.41) is 11.5. The molecule has 1 aliphatic heterocycles. The number of amides is 1. The Balaban J connectivity index is 1.92. The monoisotopic (exact) mass is 527 g/mol. The molecule has 0 aliphatic carbocycles. The number of hydrogen-bond donors (Lipinski definition) is 1. The number of halogens is 3. The minimum Gasteiger partial charge on any atom is -0.507 e. The first-order valence-corrected chi connectivity index (χ1v) is 11.4. The maximum Gasteiger partial charge on any atom is 0.573 e. The van der Waals surface area contributed by atoms with Crippen LogP contribution in [0.4, 0.5) is 18.9 Å². The smallest absolute Gasteiger partial charge is 0.507 e. The summed E-state index contributed by atoms with van der Waals surface area (Å²) in [6, 6.07) is 13.5. The molecule has 1 unspecified atom stereocenters. The van der Waals surface area contributed by atoms with Crippen molar-refractivity contribution in [2.75, 3.05) is 19.1 Å². The van der Waals surface area contributed by atoms with Crippen molar-refractivity contribution in [3.05, 3.63) is 88.5 Å². The van der Waals surface area contributed by atoms with Gasteiger partial charge in [0.15, 0.2) is 0 Å². The van der Waals surface area contributed by atoms with Crippen LogP contribution in [0.5, 0.6) is 17.2 Å². The molecule has 0 saturated carbocycles. The molecular formula is C28H24F3NO6. The number of methoxy groups -OCH3 is 2. The molecule has 10 heteroatoms. The third kappa shape index (κ3) is 5.02. The summed E-state index contributed by atoms with van der Waals surface area (Å²) in [5.74, 6) is -1.98. The van der Waals surface area contributed by atoms with Gasteiger partial charge in [0, 0.05) is 5.69 Å². The van der Waals surface area contributed by atoms with Crippen molar-refractivity contribution in [1.82, 2.24) is 0 Å². The number of nitrogens with zero attached hydrogens (tertiary/aromatic N) is 1. The second kappa shape index (κ2) is 10.1. The number of rotatable bonds is 6. The number of ketones is 1. The molecule has 4 rings (SSSR count). The van der Waals surface area contributed by atoms with E-state index < -0.39 is 35.6 Å². The Morgan fingerprint density at radius 1 is 0.895 bits per heavy atom. The van der Waals surface area contributed by atoms with Gasteiger partial charge in [0.1, 0.15) is 23.0 Å². The van der Waals surface area contributed by atoms with Crippen molar-refractivity contribution in [2.24, 2.45) is 0 Å². The molecule has 1 atom stereocenters. The zero-order chi connectivity index (χ0) is 27.8. The molecule has 3 aromatic carbocycles. The molecule has 0 radical (unpaired) electrons. The topological polar surface area (TPSA) is 85.3 Å². The molecule has 1 aliphatic rings. The van der Waals surface area contributed by atoms with Crippen molar-refractivity contribution in [3.63, 3.8) is 0 Å². The molecule has 1 saturated heterocycles. The van der Waals surface area contributed by atoms with Gasteiger partial charge >= 0.3 is 6.36 Å². The quantitative estimate of drug-likeness (QED) is 0.246. The fraction of sp³-hybridized carbons (Fsp3) is 0.214. The van der Waals surface area contributed by atoms with Crippen LogP contribution in [0.15, 0.2) is 66.2 Å². The average molecular weight is 527 g/mol. The molecule has 38 heavy (non-hydrogen) atoms. The number of carbonyl (C=O) groups excluding carboxylic acids is 2. The number of benzene rings is 3. The van der Waals surface area contributed by atoms with Crippen LogP contribution < -0.4 is 19.1 Å². The lowest BCUT2D eigenvalue weighted by Crippen LogP contribution is -2.29. The molecule has 1 heterocycles. The van der Waals surface area contributed by atoms with Crippen molar-refractivity contribution in [2.45, 2.75) is 26.3 Å². The predicted octanol–water partition coefficient (Wildman–Crippen LogP) is 5.85. The third-order valence-electron chi connectivity index (χ3n) is 6.10. The zero-order valence-electron chi connectivity index (χ0n) is 20.9. The number of aryl methyl sites for hydroxylation is 2. The Morgan fingerprint density at radius 2 is 1.50 bits per heavy atom. The number of hydrogen-bond acceptors (Lipinski definition) is 6. The van der Waals surface area contributed by atoms with Crippen molar-refractivity contribution >= 4 is 23.1 Å². The van der Waals surface area contributed by atoms with E-state index in [-0.39, 0.29) is 16.8 Å². The highest BCUT2D eigenvalue weighted by Gasteiger charge is 2.47. The lowest BCUT2D eigenvalue weighted by Gasteiger charge is -2.26. The number of alkyl halides is 3. The van der Waals surface area contributed by atoms with E-state index in [1.165, 1.54) is 26.4 Å². The van der Waals surface area contributed by atoms with Gasteiger partial charge in [-0.2, -0.15) is 0 Å². The summed E-state index contributed by atoms with van der Waals surface area (Å²) in [6.45, 7) is 3.60. The summed E-state index contributed by atoms with van der Waals surface area (Å²) in [5.41, 5.74) is 2.14. The van der Waals surface area contributed by atoms with Crippen LogP contribution in [0.3, 0.4) is 0 Å². The number of aliphatic hydroxyl groups is 1. The van der Waals surface area contributed by atoms with Crippen LogP contribution in [-0.2, 0) is 9.59 Å². The van der Waals surface area contributed by atoms with Crippen LogP contribution >= 0.6 is 0 Å². The fourth-order valence-electron chi connectivity index (χ4n) is 4.56. The van der Waals surface area contributed by atoms with Crippen LogP contribution in [-0.4, -0.2) is 37.4 Å². The van der Waals surface area contributed by atoms with E-state index in [1.54, 1.807) is 37.3 Å². The number of anilines is 1. The summed E-state index contributed by atoms with van der Waals surface area (Å²) in [4.78, 5) is 27.8. The lowest BCUT2D eigenvalue weighted by molar-refractivity contribution is -0.274. The molecule has 1 fully saturated rings. The number of carbonyl (C=O) groups is 2. The molecule has 0 aromatic heterocycles. The summed E-state index contributed by atoms with van der Waals surface area (Å²) < 4.78 is 52.5. The molecule has 3 aromatic rings. The Morgan fingerprint density at radius 3 is 2.05 bits per heavy atom. The second-order valence-electron chi connectivity index (χ2n) is 8.65. The molecule has 1 amide bonds. The van der Waals surface area contributed by atoms with Crippen molar-refractivity contribution < 1.29 is 42.1 Å². The highest BCUT2D eigenvalue weighted by Crippen LogP contribution is 2.44. The van der Waals surface area contributed by atoms with Gasteiger partial charge in [-0.05, 0) is 73.0 Å². The van der Waals surface area contributed by atoms with E-state index in [9.17, 15) is 27.9 Å². The first-order valence-electron chi connectivity index (χ1n) is 11.4. The maximum absolute atomic E-state index is 13.4. The minimum absolute atomic E-state index is 0.133. The van der Waals surface area contributed by atoms with Crippen molar-refractivity contribution in [3.8, 4) is 17.2 Å². The van der Waals surface area contributed by atoms with Gasteiger partial charge in [-0.1, -0.05) is 18.2 Å². The van der Waals surface area contributed by atoms with Gasteiger partial charge in [-0.25, -0.2) is 0 Å². The van der Waals surface area contributed by atoms with Crippen LogP contribution in [0.2, 0.25) is 0 Å². The molecule has 0 spiro atoms. The van der Waals surface area contributed by atoms with Gasteiger partial charge < -0.3 is 19.3 Å². The Bertz CT molecular complexity index is 1410. The number of ether oxygens (including phenoxy) is 3. The van der Waals surface area contributed by atoms with Gasteiger partial charge in [0.25, 0.3) is 11.7 Å². The van der Waals surface area contributed by atoms with Gasteiger partial charge in [-0.15, -0.1) is 13.2 Å². The normalized spacial score (nSPS) is 17.0. The molecular weight excluding hydrogens is 503 g/mol. The summed E-state index contributed by atoms with van der Waals surface area (Å²) in [7, 11) is 2.91. The molecule has 1 N–H and O–H groups in total. The minimum atomic E-state index is -4.89. The third-order valence-corrected chi connectivity index (χ3v) is 6.10. The average Bonchev–Trinajstić information content (AvgIpc) is 3.13. The van der Waals surface area contributed by atoms with E-state index in [2.05, 4.69) is 4.74 Å². The van der Waals surface area contributed by atoms with E-state index in [0.29, 0.717) is 22.6 Å². The van der Waals surface area contributed by atoms with Gasteiger partial charge in [-0.3, -0.25) is 14.5 Å². The van der Waals surface area contributed by atoms with Gasteiger partial charge in [0.2, 0.25) is 0 Å². The van der Waals surface area contributed by atoms with Crippen LogP contribution in [0.25, 0.3) is 5.76 Å². The Kier molecular flexibility index (Phi) is 7.08. The largest absolute Gasteiger partial charge is 0.573 e.